The first-order chi connectivity index (χ1) is 7.95. The van der Waals surface area contributed by atoms with Gasteiger partial charge in [-0.15, -0.1) is 0 Å². The molecule has 0 atom stereocenters. The van der Waals surface area contributed by atoms with Crippen molar-refractivity contribution in [1.82, 2.24) is 15.5 Å². The molecule has 1 heterocycles. The Kier molecular flexibility index (Phi) is 5.59. The Morgan fingerprint density at radius 1 is 1.12 bits per heavy atom. The second-order valence-corrected chi connectivity index (χ2v) is 5.30. The summed E-state index contributed by atoms with van der Waals surface area (Å²) in [6.07, 6.45) is 7.10. The maximum Gasteiger partial charge on any atom is 0.0107 e. The lowest BCUT2D eigenvalue weighted by molar-refractivity contribution is 0.235. The molecule has 16 heavy (non-hydrogen) atoms. The molecule has 3 nitrogen and oxygen atoms in total. The second-order valence-electron chi connectivity index (χ2n) is 5.30. The van der Waals surface area contributed by atoms with Gasteiger partial charge in [-0.1, -0.05) is 6.42 Å². The fourth-order valence-electron chi connectivity index (χ4n) is 2.52. The van der Waals surface area contributed by atoms with Crippen molar-refractivity contribution in [3.05, 3.63) is 0 Å². The van der Waals surface area contributed by atoms with Gasteiger partial charge in [-0.3, -0.25) is 0 Å². The van der Waals surface area contributed by atoms with Crippen molar-refractivity contribution in [1.29, 1.82) is 0 Å². The van der Waals surface area contributed by atoms with Crippen molar-refractivity contribution in [3.8, 4) is 0 Å². The van der Waals surface area contributed by atoms with Gasteiger partial charge >= 0.3 is 0 Å². The highest BCUT2D eigenvalue weighted by atomic mass is 15.2. The molecule has 1 saturated heterocycles. The summed E-state index contributed by atoms with van der Waals surface area (Å²) in [6, 6.07) is 0. The van der Waals surface area contributed by atoms with E-state index in [-0.39, 0.29) is 0 Å². The highest BCUT2D eigenvalue weighted by Crippen LogP contribution is 2.24. The number of nitrogens with one attached hydrogen (secondary N) is 2. The third-order valence-electron chi connectivity index (χ3n) is 3.95. The van der Waals surface area contributed by atoms with Crippen LogP contribution in [-0.4, -0.2) is 50.7 Å². The number of nitrogens with zero attached hydrogens (tertiary/aromatic N) is 1. The van der Waals surface area contributed by atoms with Gasteiger partial charge in [0.05, 0.1) is 0 Å². The average Bonchev–Trinajstić information content (AvgIpc) is 2.27. The molecular weight excluding hydrogens is 198 g/mol. The van der Waals surface area contributed by atoms with Crippen LogP contribution in [0.25, 0.3) is 0 Å². The first-order valence-electron chi connectivity index (χ1n) is 7.09. The Morgan fingerprint density at radius 2 is 1.94 bits per heavy atom. The third-order valence-corrected chi connectivity index (χ3v) is 3.95. The minimum atomic E-state index is 1.01. The van der Waals surface area contributed by atoms with Gasteiger partial charge in [0.15, 0.2) is 0 Å². The van der Waals surface area contributed by atoms with E-state index in [9.17, 15) is 0 Å². The van der Waals surface area contributed by atoms with Crippen LogP contribution in [0.1, 0.15) is 32.1 Å². The zero-order valence-electron chi connectivity index (χ0n) is 10.5. The minimum Gasteiger partial charge on any atom is -0.316 e. The summed E-state index contributed by atoms with van der Waals surface area (Å²) in [6.45, 7) is 8.65. The lowest BCUT2D eigenvalue weighted by Gasteiger charge is -2.27. The molecule has 0 aromatic carbocycles. The van der Waals surface area contributed by atoms with E-state index < -0.39 is 0 Å². The van der Waals surface area contributed by atoms with Gasteiger partial charge in [-0.05, 0) is 51.2 Å². The van der Waals surface area contributed by atoms with Gasteiger partial charge in [-0.25, -0.2) is 0 Å². The summed E-state index contributed by atoms with van der Waals surface area (Å²) in [5.74, 6) is 1.01. The first kappa shape index (κ1) is 12.3. The molecule has 0 aromatic rings. The monoisotopic (exact) mass is 225 g/mol. The molecule has 0 unspecified atom stereocenters. The van der Waals surface area contributed by atoms with Crippen molar-refractivity contribution in [2.45, 2.75) is 32.1 Å². The van der Waals surface area contributed by atoms with Crippen LogP contribution in [-0.2, 0) is 0 Å². The summed E-state index contributed by atoms with van der Waals surface area (Å²) >= 11 is 0. The molecule has 2 fully saturated rings. The maximum atomic E-state index is 3.59. The van der Waals surface area contributed by atoms with Crippen LogP contribution >= 0.6 is 0 Å². The van der Waals surface area contributed by atoms with Crippen LogP contribution in [0.2, 0.25) is 0 Å². The molecule has 2 rings (SSSR count). The predicted molar refractivity (Wildman–Crippen MR) is 68.8 cm³/mol. The predicted octanol–water partition coefficient (Wildman–Crippen LogP) is 1.06. The van der Waals surface area contributed by atoms with Crippen LogP contribution in [0.15, 0.2) is 0 Å². The quantitative estimate of drug-likeness (QED) is 0.635. The Labute approximate surface area is 100.0 Å². The van der Waals surface area contributed by atoms with E-state index in [4.69, 9.17) is 0 Å². The normalized spacial score (nSPS) is 23.2. The molecule has 2 aliphatic rings. The minimum absolute atomic E-state index is 1.01. The molecule has 0 bridgehead atoms. The van der Waals surface area contributed by atoms with E-state index in [1.165, 1.54) is 77.9 Å². The summed E-state index contributed by atoms with van der Waals surface area (Å²) in [7, 11) is 0. The molecule has 1 saturated carbocycles. The first-order valence-corrected chi connectivity index (χ1v) is 7.09. The molecule has 2 N–H and O–H groups in total. The number of rotatable bonds is 7. The number of hydrogen-bond donors (Lipinski definition) is 2. The van der Waals surface area contributed by atoms with Crippen LogP contribution in [0.4, 0.5) is 0 Å². The molecule has 0 radical (unpaired) electrons. The molecule has 1 aliphatic carbocycles. The lowest BCUT2D eigenvalue weighted by Crippen LogP contribution is -2.43. The Hall–Kier alpha value is -0.120. The summed E-state index contributed by atoms with van der Waals surface area (Å²) in [5, 5.41) is 6.99. The van der Waals surface area contributed by atoms with Crippen molar-refractivity contribution < 1.29 is 0 Å². The van der Waals surface area contributed by atoms with Gasteiger partial charge < -0.3 is 15.5 Å². The van der Waals surface area contributed by atoms with Crippen LogP contribution in [0, 0.1) is 5.92 Å². The zero-order chi connectivity index (χ0) is 11.1. The number of hydrogen-bond acceptors (Lipinski definition) is 3. The highest BCUT2D eigenvalue weighted by Gasteiger charge is 2.16. The Balaban J connectivity index is 1.36. The number of unbranched alkanes of at least 4 members (excludes halogenated alkanes) is 1. The molecule has 0 aromatic heterocycles. The maximum absolute atomic E-state index is 3.59. The van der Waals surface area contributed by atoms with E-state index in [0.717, 1.165) is 5.92 Å². The highest BCUT2D eigenvalue weighted by molar-refractivity contribution is 4.71. The van der Waals surface area contributed by atoms with Crippen LogP contribution in [0.3, 0.4) is 0 Å². The van der Waals surface area contributed by atoms with E-state index >= 15 is 0 Å². The average molecular weight is 225 g/mol. The smallest absolute Gasteiger partial charge is 0.0107 e. The van der Waals surface area contributed by atoms with E-state index in [2.05, 4.69) is 15.5 Å². The van der Waals surface area contributed by atoms with E-state index in [1.807, 2.05) is 0 Å². The zero-order valence-corrected chi connectivity index (χ0v) is 10.5. The van der Waals surface area contributed by atoms with E-state index in [1.54, 1.807) is 0 Å². The topological polar surface area (TPSA) is 27.3 Å². The Bertz CT molecular complexity index is 174. The summed E-state index contributed by atoms with van der Waals surface area (Å²) in [5.41, 5.74) is 0. The largest absolute Gasteiger partial charge is 0.316 e. The SMILES string of the molecule is C(CCN1CCNCC1)CNCC1CCC1. The van der Waals surface area contributed by atoms with Crippen LogP contribution < -0.4 is 10.6 Å². The standard InChI is InChI=1S/C13H27N3/c1(6-15-12-13-4-3-5-13)2-9-16-10-7-14-8-11-16/h13-15H,1-12H2. The van der Waals surface area contributed by atoms with Crippen molar-refractivity contribution in [3.63, 3.8) is 0 Å². The molecule has 3 heteroatoms. The summed E-state index contributed by atoms with van der Waals surface area (Å²) < 4.78 is 0. The van der Waals surface area contributed by atoms with E-state index in [0.29, 0.717) is 0 Å². The summed E-state index contributed by atoms with van der Waals surface area (Å²) in [4.78, 5) is 2.59. The molecular formula is C13H27N3. The van der Waals surface area contributed by atoms with Crippen molar-refractivity contribution in [2.75, 3.05) is 45.8 Å². The van der Waals surface area contributed by atoms with Gasteiger partial charge in [0.25, 0.3) is 0 Å². The van der Waals surface area contributed by atoms with Gasteiger partial charge in [-0.2, -0.15) is 0 Å². The van der Waals surface area contributed by atoms with Crippen LogP contribution in [0.5, 0.6) is 0 Å². The van der Waals surface area contributed by atoms with Crippen molar-refractivity contribution >= 4 is 0 Å². The fourth-order valence-corrected chi connectivity index (χ4v) is 2.52. The third kappa shape index (κ3) is 4.40. The van der Waals surface area contributed by atoms with Crippen molar-refractivity contribution in [2.24, 2.45) is 5.92 Å². The molecule has 1 aliphatic heterocycles. The van der Waals surface area contributed by atoms with Gasteiger partial charge in [0.1, 0.15) is 0 Å². The fraction of sp³-hybridized carbons (Fsp3) is 1.00. The molecule has 94 valence electrons. The van der Waals surface area contributed by atoms with Gasteiger partial charge in [0.2, 0.25) is 0 Å². The molecule has 0 spiro atoms. The number of piperazine rings is 1. The van der Waals surface area contributed by atoms with Gasteiger partial charge in [0, 0.05) is 26.2 Å². The lowest BCUT2D eigenvalue weighted by atomic mass is 9.85. The Morgan fingerprint density at radius 3 is 2.62 bits per heavy atom. The second kappa shape index (κ2) is 7.25. The molecule has 0 amide bonds.